The van der Waals surface area contributed by atoms with Crippen molar-refractivity contribution < 1.29 is 67.7 Å². The summed E-state index contributed by atoms with van der Waals surface area (Å²) in [4.78, 5) is 139. The van der Waals surface area contributed by atoms with Crippen LogP contribution in [0.15, 0.2) is 46.9 Å². The third-order valence-electron chi connectivity index (χ3n) is 12.2. The van der Waals surface area contributed by atoms with Crippen molar-refractivity contribution >= 4 is 59.1 Å². The first-order valence-corrected chi connectivity index (χ1v) is 25.7. The predicted octanol–water partition coefficient (Wildman–Crippen LogP) is -5.01. The van der Waals surface area contributed by atoms with E-state index in [9.17, 15) is 63.3 Å². The molecule has 428 valence electrons. The van der Waals surface area contributed by atoms with Gasteiger partial charge in [0.25, 0.3) is 5.91 Å². The lowest BCUT2D eigenvalue weighted by Crippen LogP contribution is -2.61. The van der Waals surface area contributed by atoms with E-state index in [1.807, 2.05) is 13.8 Å². The maximum atomic E-state index is 14.3. The molecule has 3 rings (SSSR count). The second kappa shape index (κ2) is 31.9. The molecule has 1 aromatic heterocycles. The number of aliphatic hydroxyl groups is 3. The third-order valence-corrected chi connectivity index (χ3v) is 12.2. The molecule has 27 heteroatoms. The average molecular weight is 1090 g/mol. The van der Waals surface area contributed by atoms with Crippen LogP contribution in [0.4, 0.5) is 0 Å². The molecule has 1 aliphatic rings. The van der Waals surface area contributed by atoms with Crippen LogP contribution in [0.2, 0.25) is 0 Å². The summed E-state index contributed by atoms with van der Waals surface area (Å²) in [5, 5.41) is 56.4. The van der Waals surface area contributed by atoms with E-state index in [0.717, 1.165) is 0 Å². The number of nitrogens with one attached hydrogen (secondary N) is 10. The maximum absolute atomic E-state index is 14.3. The molecule has 1 aromatic carbocycles. The zero-order valence-corrected chi connectivity index (χ0v) is 44.4. The van der Waals surface area contributed by atoms with Crippen molar-refractivity contribution in [2.24, 2.45) is 23.1 Å². The standard InChI is InChI=1S/C50H79N13O14/c1-25(2)22-34-45(71)57-30(14-18-51)41(67)56-32(16-20-53)44(70)62-39(27(5)65)49(75)54-21-17-33(43(69)55-31(15-19-52)42(68)60-35(46(72)59-34)23-29-10-8-7-9-11-29)58-47(73)36(24-64)61-50(76)40(28(6)66)63-48(74)38-13-12-37(77-38)26(3)4/h7-13,25-28,30-36,39-40,64-66H,14-24,51-53H2,1-6H3,(H,54,75)(H,55,69)(H,56,67)(H,57,71)(H,58,73)(H,59,72)(H,60,68)(H,61,76)(H,62,70)(H,63,74)/t27-,28-,30+,31?,32+,33+,34+,35-,36-,39+,40+/m1/s1. The SMILES string of the molecule is CC(C)C[C@@H]1NC(=O)[C@@H](Cc2ccccc2)NC(=O)C(CCN)NC(=O)[C@@H](NC(=O)[C@@H](CO)NC(=O)[C@@H](NC(=O)c2ccc(C(C)C)o2)[C@@H](C)O)CCNC(=O)[C@H]([C@@H](C)O)NC(=O)[C@H](CCN)NC(=O)[C@H](CCN)NC1=O. The Morgan fingerprint density at radius 3 is 1.64 bits per heavy atom. The van der Waals surface area contributed by atoms with Crippen molar-refractivity contribution in [2.45, 2.75) is 153 Å². The minimum atomic E-state index is -1.85. The van der Waals surface area contributed by atoms with E-state index in [1.165, 1.54) is 19.9 Å². The van der Waals surface area contributed by atoms with Crippen molar-refractivity contribution in [3.05, 3.63) is 59.5 Å². The molecule has 10 amide bonds. The van der Waals surface area contributed by atoms with Crippen LogP contribution in [-0.4, -0.2) is 174 Å². The van der Waals surface area contributed by atoms with E-state index in [0.29, 0.717) is 11.3 Å². The molecule has 0 radical (unpaired) electrons. The van der Waals surface area contributed by atoms with Crippen LogP contribution in [-0.2, 0) is 49.6 Å². The monoisotopic (exact) mass is 1090 g/mol. The summed E-state index contributed by atoms with van der Waals surface area (Å²) in [7, 11) is 0. The molecule has 2 heterocycles. The van der Waals surface area contributed by atoms with Crippen LogP contribution in [0.5, 0.6) is 0 Å². The number of nitrogens with two attached hydrogens (primary N) is 3. The Morgan fingerprint density at radius 1 is 0.636 bits per heavy atom. The molecule has 0 aliphatic carbocycles. The molecule has 0 bridgehead atoms. The lowest BCUT2D eigenvalue weighted by atomic mass is 10.00. The molecule has 2 aromatic rings. The Labute approximate surface area is 446 Å². The fourth-order valence-electron chi connectivity index (χ4n) is 7.94. The van der Waals surface area contributed by atoms with Crippen LogP contribution in [0.1, 0.15) is 101 Å². The van der Waals surface area contributed by atoms with Gasteiger partial charge in [0.15, 0.2) is 5.76 Å². The molecule has 11 atom stereocenters. The smallest absolute Gasteiger partial charge is 0.287 e. The summed E-state index contributed by atoms with van der Waals surface area (Å²) < 4.78 is 5.54. The van der Waals surface area contributed by atoms with Gasteiger partial charge >= 0.3 is 0 Å². The number of hydrogen-bond acceptors (Lipinski definition) is 17. The molecule has 77 heavy (non-hydrogen) atoms. The number of carbonyl (C=O) groups excluding carboxylic acids is 10. The van der Waals surface area contributed by atoms with Crippen LogP contribution < -0.4 is 70.4 Å². The van der Waals surface area contributed by atoms with Gasteiger partial charge in [-0.1, -0.05) is 58.0 Å². The number of amides is 10. The van der Waals surface area contributed by atoms with Gasteiger partial charge in [-0.15, -0.1) is 0 Å². The molecule has 27 nitrogen and oxygen atoms in total. The summed E-state index contributed by atoms with van der Waals surface area (Å²) in [6.45, 7) is 7.56. The van der Waals surface area contributed by atoms with E-state index >= 15 is 0 Å². The summed E-state index contributed by atoms with van der Waals surface area (Å²) in [5.41, 5.74) is 18.1. The zero-order chi connectivity index (χ0) is 57.5. The van der Waals surface area contributed by atoms with E-state index < -0.39 is 145 Å². The molecule has 1 unspecified atom stereocenters. The summed E-state index contributed by atoms with van der Waals surface area (Å²) >= 11 is 0. The first kappa shape index (κ1) is 64.2. The van der Waals surface area contributed by atoms with Gasteiger partial charge in [0.05, 0.1) is 18.8 Å². The Kier molecular flexibility index (Phi) is 26.6. The average Bonchev–Trinajstić information content (AvgIpc) is 3.88. The number of carbonyl (C=O) groups is 10. The quantitative estimate of drug-likeness (QED) is 0.0590. The highest BCUT2D eigenvalue weighted by Gasteiger charge is 2.37. The fourth-order valence-corrected chi connectivity index (χ4v) is 7.94. The van der Waals surface area contributed by atoms with Gasteiger partial charge in [0.2, 0.25) is 53.2 Å². The highest BCUT2D eigenvalue weighted by molar-refractivity contribution is 6.00. The van der Waals surface area contributed by atoms with Gasteiger partial charge in [-0.05, 0) is 89.2 Å². The number of aliphatic hydroxyl groups excluding tert-OH is 3. The van der Waals surface area contributed by atoms with Gasteiger partial charge in [-0.2, -0.15) is 0 Å². The van der Waals surface area contributed by atoms with E-state index in [1.54, 1.807) is 50.2 Å². The molecule has 1 saturated heterocycles. The largest absolute Gasteiger partial charge is 0.456 e. The highest BCUT2D eigenvalue weighted by Crippen LogP contribution is 2.18. The Hall–Kier alpha value is -7.04. The molecule has 1 fully saturated rings. The molecule has 1 aliphatic heterocycles. The van der Waals surface area contributed by atoms with Crippen molar-refractivity contribution in [3.63, 3.8) is 0 Å². The lowest BCUT2D eigenvalue weighted by molar-refractivity contribution is -0.136. The first-order valence-electron chi connectivity index (χ1n) is 25.7. The first-order chi connectivity index (χ1) is 36.4. The molecular formula is C50H79N13O14. The summed E-state index contributed by atoms with van der Waals surface area (Å²) in [5.74, 6) is -9.66. The van der Waals surface area contributed by atoms with Gasteiger partial charge in [0, 0.05) is 18.9 Å². The van der Waals surface area contributed by atoms with Gasteiger partial charge in [-0.25, -0.2) is 0 Å². The summed E-state index contributed by atoms with van der Waals surface area (Å²) in [6.07, 6.45) is -4.23. The highest BCUT2D eigenvalue weighted by atomic mass is 16.4. The van der Waals surface area contributed by atoms with Crippen molar-refractivity contribution in [1.29, 1.82) is 0 Å². The minimum absolute atomic E-state index is 0.0457. The van der Waals surface area contributed by atoms with Crippen LogP contribution in [0.25, 0.3) is 0 Å². The number of rotatable bonds is 20. The van der Waals surface area contributed by atoms with Gasteiger partial charge < -0.3 is 90.1 Å². The fraction of sp³-hybridized carbons (Fsp3) is 0.600. The lowest BCUT2D eigenvalue weighted by Gasteiger charge is -2.28. The number of furan rings is 1. The molecular weight excluding hydrogens is 1010 g/mol. The molecule has 19 N–H and O–H groups in total. The van der Waals surface area contributed by atoms with E-state index in [2.05, 4.69) is 53.2 Å². The maximum Gasteiger partial charge on any atom is 0.287 e. The minimum Gasteiger partial charge on any atom is -0.456 e. The molecule has 0 saturated carbocycles. The number of benzene rings is 1. The third kappa shape index (κ3) is 20.5. The predicted molar refractivity (Wildman–Crippen MR) is 278 cm³/mol. The van der Waals surface area contributed by atoms with Crippen LogP contribution in [0.3, 0.4) is 0 Å². The topological polar surface area (TPSA) is 443 Å². The number of hydrogen-bond donors (Lipinski definition) is 16. The Morgan fingerprint density at radius 2 is 1.14 bits per heavy atom. The second-order valence-electron chi connectivity index (χ2n) is 19.5. The van der Waals surface area contributed by atoms with Crippen molar-refractivity contribution in [3.8, 4) is 0 Å². The van der Waals surface area contributed by atoms with Crippen molar-refractivity contribution in [1.82, 2.24) is 53.2 Å². The Balaban J connectivity index is 2.09. The zero-order valence-electron chi connectivity index (χ0n) is 44.4. The van der Waals surface area contributed by atoms with E-state index in [-0.39, 0.29) is 69.3 Å². The molecule has 0 spiro atoms. The Bertz CT molecular complexity index is 2310. The van der Waals surface area contributed by atoms with Crippen LogP contribution >= 0.6 is 0 Å². The normalized spacial score (nSPS) is 23.4. The summed E-state index contributed by atoms with van der Waals surface area (Å²) in [6, 6.07) is -2.47. The van der Waals surface area contributed by atoms with Crippen molar-refractivity contribution in [2.75, 3.05) is 32.8 Å². The van der Waals surface area contributed by atoms with E-state index in [4.69, 9.17) is 21.6 Å². The van der Waals surface area contributed by atoms with Gasteiger partial charge in [0.1, 0.15) is 60.1 Å². The van der Waals surface area contributed by atoms with Gasteiger partial charge in [-0.3, -0.25) is 47.9 Å². The second-order valence-corrected chi connectivity index (χ2v) is 19.5. The van der Waals surface area contributed by atoms with Crippen LogP contribution in [0, 0.1) is 5.92 Å².